The molecule has 0 atom stereocenters. The van der Waals surface area contributed by atoms with Crippen LogP contribution in [0.3, 0.4) is 0 Å². The van der Waals surface area contributed by atoms with Crippen LogP contribution in [0.1, 0.15) is 32.9 Å². The van der Waals surface area contributed by atoms with E-state index in [4.69, 9.17) is 5.73 Å². The Labute approximate surface area is 175 Å². The van der Waals surface area contributed by atoms with Gasteiger partial charge < -0.3 is 5.73 Å². The molecule has 1 aromatic carbocycles. The number of benzene rings is 1. The van der Waals surface area contributed by atoms with Crippen molar-refractivity contribution in [2.75, 3.05) is 10.5 Å². The van der Waals surface area contributed by atoms with Gasteiger partial charge in [-0.15, -0.1) is 0 Å². The molecule has 0 aliphatic heterocycles. The van der Waals surface area contributed by atoms with Gasteiger partial charge in [0.05, 0.1) is 26.9 Å². The van der Waals surface area contributed by atoms with Crippen molar-refractivity contribution in [3.8, 4) is 0 Å². The number of rotatable bonds is 6. The highest BCUT2D eigenvalue weighted by Gasteiger charge is 2.20. The van der Waals surface area contributed by atoms with Crippen LogP contribution in [0, 0.1) is 13.8 Å². The van der Waals surface area contributed by atoms with Gasteiger partial charge in [-0.1, -0.05) is 40.9 Å². The number of nitrogens with zero attached hydrogens (tertiary/aromatic N) is 3. The van der Waals surface area contributed by atoms with Crippen molar-refractivity contribution in [3.05, 3.63) is 51.5 Å². The molecule has 9 nitrogen and oxygen atoms in total. The number of aromatic nitrogens is 2. The lowest BCUT2D eigenvalue weighted by Gasteiger charge is -2.04. The molecule has 152 valence electrons. The van der Waals surface area contributed by atoms with Crippen molar-refractivity contribution in [2.45, 2.75) is 25.7 Å². The Morgan fingerprint density at radius 2 is 1.72 bits per heavy atom. The summed E-state index contributed by atoms with van der Waals surface area (Å²) >= 11 is 2.21. The molecule has 0 aliphatic carbocycles. The van der Waals surface area contributed by atoms with E-state index in [9.17, 15) is 13.2 Å². The monoisotopic (exact) mass is 450 g/mol. The molecule has 2 aromatic heterocycles. The molecule has 1 amide bonds. The van der Waals surface area contributed by atoms with Crippen LogP contribution in [0.5, 0.6) is 0 Å². The fourth-order valence-electron chi connectivity index (χ4n) is 2.41. The van der Waals surface area contributed by atoms with Crippen LogP contribution >= 0.6 is 22.7 Å². The summed E-state index contributed by atoms with van der Waals surface area (Å²) in [5.74, 6) is -0.486. The maximum atomic E-state index is 12.5. The van der Waals surface area contributed by atoms with Gasteiger partial charge in [-0.3, -0.25) is 9.52 Å². The molecular weight excluding hydrogens is 432 g/mol. The fourth-order valence-corrected chi connectivity index (χ4v) is 5.30. The van der Waals surface area contributed by atoms with E-state index in [1.165, 1.54) is 23.5 Å². The zero-order chi connectivity index (χ0) is 21.2. The molecule has 0 unspecified atom stereocenters. The third kappa shape index (κ3) is 4.78. The molecule has 3 aromatic rings. The van der Waals surface area contributed by atoms with Crippen molar-refractivity contribution in [3.63, 3.8) is 0 Å². The quantitative estimate of drug-likeness (QED) is 0.390. The van der Waals surface area contributed by atoms with Gasteiger partial charge in [-0.05, 0) is 32.9 Å². The highest BCUT2D eigenvalue weighted by Crippen LogP contribution is 2.25. The number of amides is 1. The second kappa shape index (κ2) is 8.27. The minimum Gasteiger partial charge on any atom is -0.375 e. The van der Waals surface area contributed by atoms with Crippen LogP contribution in [0.15, 0.2) is 40.3 Å². The van der Waals surface area contributed by atoms with Crippen LogP contribution in [-0.2, 0) is 10.0 Å². The maximum Gasteiger partial charge on any atom is 0.283 e. The van der Waals surface area contributed by atoms with Crippen LogP contribution in [0.2, 0.25) is 0 Å². The molecule has 3 rings (SSSR count). The van der Waals surface area contributed by atoms with Crippen LogP contribution in [0.4, 0.5) is 10.3 Å². The zero-order valence-corrected chi connectivity index (χ0v) is 18.2. The Morgan fingerprint density at radius 1 is 1.07 bits per heavy atom. The van der Waals surface area contributed by atoms with Crippen molar-refractivity contribution in [2.24, 2.45) is 5.10 Å². The Balaban J connectivity index is 1.75. The average molecular weight is 451 g/mol. The summed E-state index contributed by atoms with van der Waals surface area (Å²) in [6.45, 7) is 5.16. The molecular formula is C17H18N6O3S3. The van der Waals surface area contributed by atoms with Gasteiger partial charge in [0.25, 0.3) is 15.9 Å². The summed E-state index contributed by atoms with van der Waals surface area (Å²) in [6.07, 6.45) is 0. The number of anilines is 2. The fraction of sp³-hybridized carbons (Fsp3) is 0.176. The molecule has 0 saturated carbocycles. The smallest absolute Gasteiger partial charge is 0.283 e. The number of hydrogen-bond donors (Lipinski definition) is 3. The first kappa shape index (κ1) is 20.9. The molecule has 0 bridgehead atoms. The lowest BCUT2D eigenvalue weighted by molar-refractivity contribution is 0.0958. The lowest BCUT2D eigenvalue weighted by atomic mass is 10.3. The van der Waals surface area contributed by atoms with E-state index in [-0.39, 0.29) is 14.9 Å². The van der Waals surface area contributed by atoms with E-state index in [0.29, 0.717) is 16.5 Å². The van der Waals surface area contributed by atoms with Crippen LogP contribution in [0.25, 0.3) is 0 Å². The van der Waals surface area contributed by atoms with Gasteiger partial charge in [-0.2, -0.15) is 5.10 Å². The number of carbonyl (C=O) groups excluding carboxylic acids is 1. The number of aryl methyl sites for hydroxylation is 2. The molecule has 4 N–H and O–H groups in total. The average Bonchev–Trinajstić information content (AvgIpc) is 3.20. The largest absolute Gasteiger partial charge is 0.375 e. The third-order valence-electron chi connectivity index (χ3n) is 3.74. The molecule has 2 heterocycles. The second-order valence-electron chi connectivity index (χ2n) is 5.96. The number of nitrogen functional groups attached to an aromatic ring is 1. The summed E-state index contributed by atoms with van der Waals surface area (Å²) < 4.78 is 27.2. The molecule has 0 fully saturated rings. The number of nitrogens with two attached hydrogens (primary N) is 1. The van der Waals surface area contributed by atoms with Gasteiger partial charge in [0.1, 0.15) is 4.88 Å². The third-order valence-corrected chi connectivity index (χ3v) is 7.40. The molecule has 29 heavy (non-hydrogen) atoms. The highest BCUT2D eigenvalue weighted by molar-refractivity contribution is 7.93. The van der Waals surface area contributed by atoms with Gasteiger partial charge in [-0.25, -0.2) is 23.8 Å². The van der Waals surface area contributed by atoms with Gasteiger partial charge in [0, 0.05) is 0 Å². The van der Waals surface area contributed by atoms with Crippen molar-refractivity contribution >= 4 is 54.6 Å². The Kier molecular flexibility index (Phi) is 5.96. The summed E-state index contributed by atoms with van der Waals surface area (Å²) in [5, 5.41) is 4.61. The van der Waals surface area contributed by atoms with E-state index in [0.717, 1.165) is 21.9 Å². The topological polar surface area (TPSA) is 139 Å². The van der Waals surface area contributed by atoms with Crippen molar-refractivity contribution in [1.29, 1.82) is 0 Å². The molecule has 12 heteroatoms. The van der Waals surface area contributed by atoms with E-state index in [2.05, 4.69) is 25.2 Å². The van der Waals surface area contributed by atoms with Gasteiger partial charge >= 0.3 is 0 Å². The summed E-state index contributed by atoms with van der Waals surface area (Å²) in [7, 11) is -3.79. The van der Waals surface area contributed by atoms with Gasteiger partial charge in [0.15, 0.2) is 10.3 Å². The predicted molar refractivity (Wildman–Crippen MR) is 115 cm³/mol. The van der Waals surface area contributed by atoms with E-state index < -0.39 is 15.9 Å². The van der Waals surface area contributed by atoms with E-state index in [1.54, 1.807) is 32.0 Å². The first-order chi connectivity index (χ1) is 13.7. The highest BCUT2D eigenvalue weighted by atomic mass is 32.2. The Bertz CT molecular complexity index is 1180. The minimum atomic E-state index is -3.79. The molecule has 0 spiro atoms. The summed E-state index contributed by atoms with van der Waals surface area (Å²) in [4.78, 5) is 21.9. The molecule has 0 radical (unpaired) electrons. The van der Waals surface area contributed by atoms with Crippen molar-refractivity contribution < 1.29 is 13.2 Å². The van der Waals surface area contributed by atoms with Crippen LogP contribution in [-0.4, -0.2) is 30.0 Å². The number of sulfonamides is 1. The Hall–Kier alpha value is -2.83. The number of nitrogens with one attached hydrogen (secondary N) is 2. The predicted octanol–water partition coefficient (Wildman–Crippen LogP) is 2.75. The summed E-state index contributed by atoms with van der Waals surface area (Å²) in [6, 6.07) is 7.92. The standard InChI is InChI=1S/C17H18N6O3S3/c1-9-13(27-16(18)19-9)11(3)21-22-15(24)14-10(2)20-17(28-14)23-29(25,26)12-7-5-4-6-8-12/h4-8H,1-3H3,(H2,18,19)(H,20,23)(H,22,24)/b21-11+. The minimum absolute atomic E-state index is 0.100. The van der Waals surface area contributed by atoms with Crippen LogP contribution < -0.4 is 15.9 Å². The molecule has 0 saturated heterocycles. The first-order valence-corrected chi connectivity index (χ1v) is 11.4. The zero-order valence-electron chi connectivity index (χ0n) is 15.8. The number of thiazole rings is 2. The number of hydrogen-bond acceptors (Lipinski definition) is 9. The number of hydrazone groups is 1. The first-order valence-electron chi connectivity index (χ1n) is 8.30. The lowest BCUT2D eigenvalue weighted by Crippen LogP contribution is -2.19. The summed E-state index contributed by atoms with van der Waals surface area (Å²) in [5.41, 5.74) is 9.84. The molecule has 0 aliphatic rings. The van der Waals surface area contributed by atoms with Crippen molar-refractivity contribution in [1.82, 2.24) is 15.4 Å². The maximum absolute atomic E-state index is 12.5. The SMILES string of the molecule is C/C(=N\NC(=O)c1sc(NS(=O)(=O)c2ccccc2)nc1C)c1sc(N)nc1C. The number of carbonyl (C=O) groups is 1. The normalized spacial score (nSPS) is 12.0. The van der Waals surface area contributed by atoms with E-state index >= 15 is 0 Å². The Morgan fingerprint density at radius 3 is 2.34 bits per heavy atom. The van der Waals surface area contributed by atoms with E-state index in [1.807, 2.05) is 6.92 Å². The second-order valence-corrected chi connectivity index (χ2v) is 9.67. The van der Waals surface area contributed by atoms with Gasteiger partial charge in [0.2, 0.25) is 0 Å².